The highest BCUT2D eigenvalue weighted by molar-refractivity contribution is 5.82. The molecule has 3 rings (SSSR count). The second-order valence-corrected chi connectivity index (χ2v) is 7.76. The molecule has 0 radical (unpaired) electrons. The monoisotopic (exact) mass is 400 g/mol. The van der Waals surface area contributed by atoms with E-state index >= 15 is 0 Å². The molecular weight excluding hydrogens is 373 g/mol. The summed E-state index contributed by atoms with van der Waals surface area (Å²) in [5.41, 5.74) is -0.245. The summed E-state index contributed by atoms with van der Waals surface area (Å²) in [6, 6.07) is 7.82. The fourth-order valence-corrected chi connectivity index (χ4v) is 4.71. The van der Waals surface area contributed by atoms with E-state index in [9.17, 15) is 28.2 Å². The average Bonchev–Trinajstić information content (AvgIpc) is 2.68. The third kappa shape index (κ3) is 4.34. The number of hydrogen-bond donors (Lipinski definition) is 3. The van der Waals surface area contributed by atoms with Crippen molar-refractivity contribution in [2.24, 2.45) is 5.92 Å². The smallest absolute Gasteiger partial charge is 0.394 e. The Morgan fingerprint density at radius 3 is 2.57 bits per heavy atom. The van der Waals surface area contributed by atoms with E-state index in [1.54, 1.807) is 4.90 Å². The Balaban J connectivity index is 1.80. The Morgan fingerprint density at radius 2 is 1.93 bits per heavy atom. The minimum absolute atomic E-state index is 0.177. The molecule has 1 saturated heterocycles. The number of halogens is 3. The molecule has 0 bridgehead atoms. The second-order valence-electron chi connectivity index (χ2n) is 7.76. The van der Waals surface area contributed by atoms with Gasteiger partial charge in [0.25, 0.3) is 0 Å². The Kier molecular flexibility index (Phi) is 6.31. The molecule has 1 saturated carbocycles. The molecule has 4 atom stereocenters. The first kappa shape index (κ1) is 21.1. The molecule has 1 aromatic carbocycles. The second kappa shape index (κ2) is 8.39. The lowest BCUT2D eigenvalue weighted by molar-refractivity contribution is -0.159. The molecule has 156 valence electrons. The van der Waals surface area contributed by atoms with Gasteiger partial charge in [-0.15, -0.1) is 0 Å². The van der Waals surface area contributed by atoms with Crippen LogP contribution in [0.15, 0.2) is 30.3 Å². The molecule has 1 heterocycles. The summed E-state index contributed by atoms with van der Waals surface area (Å²) in [6.07, 6.45) is -0.857. The Morgan fingerprint density at radius 1 is 1.25 bits per heavy atom. The van der Waals surface area contributed by atoms with Gasteiger partial charge in [-0.3, -0.25) is 10.1 Å². The van der Waals surface area contributed by atoms with Crippen LogP contribution in [0.2, 0.25) is 0 Å². The van der Waals surface area contributed by atoms with Crippen molar-refractivity contribution < 1.29 is 28.2 Å². The third-order valence-electron chi connectivity index (χ3n) is 6.06. The number of fused-ring (bicyclic) bond motifs is 1. The number of alkyl halides is 3. The Bertz CT molecular complexity index is 670. The van der Waals surface area contributed by atoms with Crippen LogP contribution < -0.4 is 5.32 Å². The van der Waals surface area contributed by atoms with Crippen LogP contribution in [0.25, 0.3) is 0 Å². The number of hydrogen-bond acceptors (Lipinski definition) is 4. The maximum Gasteiger partial charge on any atom is 0.401 e. The van der Waals surface area contributed by atoms with Gasteiger partial charge in [0, 0.05) is 18.5 Å². The summed E-state index contributed by atoms with van der Waals surface area (Å²) < 4.78 is 37.5. The highest BCUT2D eigenvalue weighted by Gasteiger charge is 2.51. The number of rotatable bonds is 5. The number of carbonyl (C=O) groups excluding carboxylic acids is 1. The van der Waals surface area contributed by atoms with Crippen LogP contribution in [-0.2, 0) is 10.4 Å². The SMILES string of the molecule is O=C([C@H](CO)NCC(F)(F)F)N1CCC(O)(c2ccccc2)[C@@H]2CCCC[C@@H]21. The number of piperidine rings is 1. The molecule has 5 nitrogen and oxygen atoms in total. The topological polar surface area (TPSA) is 72.8 Å². The predicted molar refractivity (Wildman–Crippen MR) is 97.3 cm³/mol. The number of nitrogens with zero attached hydrogens (tertiary/aromatic N) is 1. The first-order valence-electron chi connectivity index (χ1n) is 9.75. The van der Waals surface area contributed by atoms with Crippen molar-refractivity contribution in [3.05, 3.63) is 35.9 Å². The van der Waals surface area contributed by atoms with Gasteiger partial charge in [-0.2, -0.15) is 13.2 Å². The summed E-state index contributed by atoms with van der Waals surface area (Å²) >= 11 is 0. The van der Waals surface area contributed by atoms with Gasteiger partial charge in [0.1, 0.15) is 6.04 Å². The van der Waals surface area contributed by atoms with Crippen LogP contribution in [0.5, 0.6) is 0 Å². The first-order valence-corrected chi connectivity index (χ1v) is 9.75. The summed E-state index contributed by atoms with van der Waals surface area (Å²) in [6.45, 7) is -1.79. The molecule has 2 fully saturated rings. The largest absolute Gasteiger partial charge is 0.401 e. The standard InChI is InChI=1S/C20H27F3N2O3/c21-20(22,23)13-24-16(12-26)18(27)25-11-10-19(28,14-6-2-1-3-7-14)15-8-4-5-9-17(15)25/h1-3,6-7,15-17,24,26,28H,4-5,8-13H2/t15-,16+,17+,19?/m1/s1. The number of aliphatic hydroxyl groups excluding tert-OH is 1. The summed E-state index contributed by atoms with van der Waals surface area (Å²) in [5, 5.41) is 23.1. The lowest BCUT2D eigenvalue weighted by Gasteiger charge is -2.53. The third-order valence-corrected chi connectivity index (χ3v) is 6.06. The number of likely N-dealkylation sites (tertiary alicyclic amines) is 1. The van der Waals surface area contributed by atoms with E-state index in [4.69, 9.17) is 0 Å². The number of carbonyl (C=O) groups is 1. The zero-order valence-corrected chi connectivity index (χ0v) is 15.7. The van der Waals surface area contributed by atoms with Gasteiger partial charge in [0.15, 0.2) is 0 Å². The van der Waals surface area contributed by atoms with Crippen molar-refractivity contribution in [3.63, 3.8) is 0 Å². The molecule has 1 aromatic rings. The molecule has 1 aliphatic carbocycles. The minimum atomic E-state index is -4.46. The van der Waals surface area contributed by atoms with Crippen LogP contribution in [-0.4, -0.2) is 59.0 Å². The van der Waals surface area contributed by atoms with Crippen molar-refractivity contribution in [3.8, 4) is 0 Å². The maximum absolute atomic E-state index is 12.9. The predicted octanol–water partition coefficient (Wildman–Crippen LogP) is 2.18. The van der Waals surface area contributed by atoms with E-state index in [0.717, 1.165) is 24.8 Å². The molecule has 1 aliphatic heterocycles. The van der Waals surface area contributed by atoms with Crippen molar-refractivity contribution in [1.82, 2.24) is 10.2 Å². The van der Waals surface area contributed by atoms with Gasteiger partial charge in [-0.1, -0.05) is 43.2 Å². The molecule has 1 amide bonds. The zero-order chi connectivity index (χ0) is 20.4. The molecular formula is C20H27F3N2O3. The normalized spacial score (nSPS) is 29.2. The van der Waals surface area contributed by atoms with Crippen LogP contribution in [0.3, 0.4) is 0 Å². The molecule has 0 aromatic heterocycles. The van der Waals surface area contributed by atoms with Crippen LogP contribution in [0, 0.1) is 5.92 Å². The summed E-state index contributed by atoms with van der Waals surface area (Å²) in [7, 11) is 0. The van der Waals surface area contributed by atoms with Crippen molar-refractivity contribution in [1.29, 1.82) is 0 Å². The average molecular weight is 400 g/mol. The van der Waals surface area contributed by atoms with Crippen LogP contribution >= 0.6 is 0 Å². The molecule has 3 N–H and O–H groups in total. The van der Waals surface area contributed by atoms with E-state index in [0.29, 0.717) is 12.8 Å². The molecule has 8 heteroatoms. The molecule has 0 spiro atoms. The van der Waals surface area contributed by atoms with Gasteiger partial charge < -0.3 is 15.1 Å². The van der Waals surface area contributed by atoms with Gasteiger partial charge in [-0.25, -0.2) is 0 Å². The minimum Gasteiger partial charge on any atom is -0.394 e. The summed E-state index contributed by atoms with van der Waals surface area (Å²) in [4.78, 5) is 14.5. The molecule has 2 aliphatic rings. The van der Waals surface area contributed by atoms with Gasteiger partial charge in [-0.05, 0) is 24.8 Å². The van der Waals surface area contributed by atoms with E-state index in [-0.39, 0.29) is 18.5 Å². The first-order chi connectivity index (χ1) is 13.3. The van der Waals surface area contributed by atoms with Gasteiger partial charge in [0.2, 0.25) is 5.91 Å². The maximum atomic E-state index is 12.9. The fraction of sp³-hybridized carbons (Fsp3) is 0.650. The number of nitrogens with one attached hydrogen (secondary N) is 1. The quantitative estimate of drug-likeness (QED) is 0.709. The van der Waals surface area contributed by atoms with Crippen LogP contribution in [0.1, 0.15) is 37.7 Å². The van der Waals surface area contributed by atoms with Crippen molar-refractivity contribution >= 4 is 5.91 Å². The highest BCUT2D eigenvalue weighted by Crippen LogP contribution is 2.47. The molecule has 1 unspecified atom stereocenters. The van der Waals surface area contributed by atoms with Crippen LogP contribution in [0.4, 0.5) is 13.2 Å². The van der Waals surface area contributed by atoms with Gasteiger partial charge >= 0.3 is 6.18 Å². The van der Waals surface area contributed by atoms with E-state index in [1.807, 2.05) is 30.3 Å². The number of aliphatic hydroxyl groups is 2. The van der Waals surface area contributed by atoms with Crippen molar-refractivity contribution in [2.45, 2.75) is 56.0 Å². The van der Waals surface area contributed by atoms with E-state index in [2.05, 4.69) is 5.32 Å². The highest BCUT2D eigenvalue weighted by atomic mass is 19.4. The zero-order valence-electron chi connectivity index (χ0n) is 15.7. The van der Waals surface area contributed by atoms with E-state index < -0.39 is 36.9 Å². The Hall–Kier alpha value is -1.64. The lowest BCUT2D eigenvalue weighted by Crippen LogP contribution is -2.62. The number of benzene rings is 1. The van der Waals surface area contributed by atoms with Crippen molar-refractivity contribution in [2.75, 3.05) is 19.7 Å². The van der Waals surface area contributed by atoms with E-state index in [1.165, 1.54) is 0 Å². The Labute approximate surface area is 162 Å². The number of amides is 1. The van der Waals surface area contributed by atoms with Gasteiger partial charge in [0.05, 0.1) is 18.8 Å². The summed E-state index contributed by atoms with van der Waals surface area (Å²) in [5.74, 6) is -0.706. The molecule has 28 heavy (non-hydrogen) atoms. The lowest BCUT2D eigenvalue weighted by atomic mass is 9.66. The fourth-order valence-electron chi connectivity index (χ4n) is 4.71.